The van der Waals surface area contributed by atoms with Crippen LogP contribution in [0.4, 0.5) is 0 Å². The summed E-state index contributed by atoms with van der Waals surface area (Å²) in [5.74, 6) is 0.829. The average Bonchev–Trinajstić information content (AvgIpc) is 2.90. The van der Waals surface area contributed by atoms with Gasteiger partial charge in [-0.15, -0.1) is 0 Å². The number of carbonyl (C=O) groups excluding carboxylic acids is 1. The Morgan fingerprint density at radius 2 is 2.24 bits per heavy atom. The molecule has 5 atom stereocenters. The van der Waals surface area contributed by atoms with Gasteiger partial charge in [0.2, 0.25) is 0 Å². The van der Waals surface area contributed by atoms with Crippen molar-refractivity contribution < 1.29 is 19.7 Å². The van der Waals surface area contributed by atoms with Crippen LogP contribution in [0.3, 0.4) is 0 Å². The molecule has 25 heavy (non-hydrogen) atoms. The number of nitrogens with zero attached hydrogens (tertiary/aromatic N) is 1. The smallest absolute Gasteiger partial charge is 0.189 e. The molecule has 1 aromatic carbocycles. The van der Waals surface area contributed by atoms with Crippen molar-refractivity contribution in [3.8, 4) is 11.5 Å². The quantitative estimate of drug-likeness (QED) is 0.589. The highest BCUT2D eigenvalue weighted by atomic mass is 32.2. The summed E-state index contributed by atoms with van der Waals surface area (Å²) in [5, 5.41) is 21.6. The summed E-state index contributed by atoms with van der Waals surface area (Å²) in [6.45, 7) is 2.37. The number of aromatic hydroxyl groups is 1. The Kier molecular flexibility index (Phi) is 3.03. The van der Waals surface area contributed by atoms with Crippen LogP contribution in [0.2, 0.25) is 0 Å². The molecule has 0 radical (unpaired) electrons. The number of phenols is 1. The fraction of sp³-hybridized carbons (Fsp3) is 0.526. The molecule has 132 valence electrons. The lowest BCUT2D eigenvalue weighted by Gasteiger charge is -2.58. The molecule has 4 aliphatic rings. The first-order valence-corrected chi connectivity index (χ1v) is 9.52. The topological polar surface area (TPSA) is 70.0 Å². The van der Waals surface area contributed by atoms with Gasteiger partial charge >= 0.3 is 0 Å². The van der Waals surface area contributed by atoms with E-state index in [0.29, 0.717) is 11.8 Å². The Balaban J connectivity index is 1.78. The fourth-order valence-corrected chi connectivity index (χ4v) is 6.56. The molecule has 2 heterocycles. The molecule has 1 fully saturated rings. The summed E-state index contributed by atoms with van der Waals surface area (Å²) in [6.07, 6.45) is 5.00. The van der Waals surface area contributed by atoms with Crippen molar-refractivity contribution >= 4 is 16.9 Å². The molecule has 5 rings (SSSR count). The lowest BCUT2D eigenvalue weighted by atomic mass is 9.53. The molecule has 2 N–H and O–H groups in total. The number of hydrogen-bond acceptors (Lipinski definition) is 6. The molecule has 1 spiro atoms. The third kappa shape index (κ3) is 1.80. The van der Waals surface area contributed by atoms with Crippen LogP contribution in [0.1, 0.15) is 24.5 Å². The number of likely N-dealkylation sites (N-methyl/N-ethyl adjacent to an activating group) is 1. The van der Waals surface area contributed by atoms with Gasteiger partial charge < -0.3 is 19.8 Å². The van der Waals surface area contributed by atoms with E-state index in [9.17, 15) is 15.0 Å². The minimum Gasteiger partial charge on any atom is -0.504 e. The van der Waals surface area contributed by atoms with E-state index in [4.69, 9.17) is 4.74 Å². The highest BCUT2D eigenvalue weighted by Crippen LogP contribution is 2.65. The largest absolute Gasteiger partial charge is 0.504 e. The number of rotatable bonds is 1. The van der Waals surface area contributed by atoms with Crippen molar-refractivity contribution in [3.63, 3.8) is 0 Å². The van der Waals surface area contributed by atoms with Gasteiger partial charge in [-0.25, -0.2) is 0 Å². The predicted molar refractivity (Wildman–Crippen MR) is 94.8 cm³/mol. The summed E-state index contributed by atoms with van der Waals surface area (Å²) in [4.78, 5) is 12.8. The number of hydrogen-bond donors (Lipinski definition) is 2. The van der Waals surface area contributed by atoms with Crippen LogP contribution in [0.15, 0.2) is 24.3 Å². The van der Waals surface area contributed by atoms with Gasteiger partial charge in [0.15, 0.2) is 27.7 Å². The Morgan fingerprint density at radius 1 is 1.44 bits per heavy atom. The molecule has 0 amide bonds. The molecule has 2 bridgehead atoms. The molecule has 2 aliphatic heterocycles. The first kappa shape index (κ1) is 15.7. The maximum atomic E-state index is 11.8. The Hall–Kier alpha value is -1.50. The van der Waals surface area contributed by atoms with E-state index in [1.54, 1.807) is 12.1 Å². The second-order valence-corrected chi connectivity index (χ2v) is 9.15. The number of aliphatic hydroxyl groups is 1. The lowest BCUT2D eigenvalue weighted by Crippen LogP contribution is -2.67. The standard InChI is InChI=1S/C19H21NO4S/c1-10(21)25-19(23)6-5-12-13-9-11-3-4-14(22)16-15(11)18(12,17(19)24-16)7-8-20(13)2/h3-6,12-13,17,22-23H,7-9H2,1-2H3/t12-,13+,17+,18-,19+/m0/s1. The van der Waals surface area contributed by atoms with Crippen molar-refractivity contribution in [1.82, 2.24) is 4.90 Å². The van der Waals surface area contributed by atoms with E-state index in [-0.39, 0.29) is 22.2 Å². The van der Waals surface area contributed by atoms with E-state index >= 15 is 0 Å². The molecule has 0 saturated carbocycles. The summed E-state index contributed by atoms with van der Waals surface area (Å²) in [6, 6.07) is 4.01. The van der Waals surface area contributed by atoms with Gasteiger partial charge in [0.05, 0.1) is 0 Å². The Labute approximate surface area is 150 Å². The second kappa shape index (κ2) is 4.81. The van der Waals surface area contributed by atoms with Crippen LogP contribution in [-0.2, 0) is 16.6 Å². The summed E-state index contributed by atoms with van der Waals surface area (Å²) in [5.41, 5.74) is 1.86. The van der Waals surface area contributed by atoms with Gasteiger partial charge in [-0.2, -0.15) is 0 Å². The third-order valence-electron chi connectivity index (χ3n) is 6.50. The zero-order valence-corrected chi connectivity index (χ0v) is 15.0. The zero-order valence-electron chi connectivity index (χ0n) is 14.2. The average molecular weight is 359 g/mol. The van der Waals surface area contributed by atoms with Crippen LogP contribution < -0.4 is 4.74 Å². The van der Waals surface area contributed by atoms with Crippen molar-refractivity contribution in [2.75, 3.05) is 13.6 Å². The van der Waals surface area contributed by atoms with Gasteiger partial charge in [-0.3, -0.25) is 4.79 Å². The first-order chi connectivity index (χ1) is 11.9. The van der Waals surface area contributed by atoms with Gasteiger partial charge in [0.25, 0.3) is 0 Å². The van der Waals surface area contributed by atoms with Crippen molar-refractivity contribution in [2.45, 2.75) is 42.3 Å². The highest BCUT2D eigenvalue weighted by molar-refractivity contribution is 8.14. The van der Waals surface area contributed by atoms with E-state index in [2.05, 4.69) is 18.0 Å². The molecule has 5 nitrogen and oxygen atoms in total. The minimum absolute atomic E-state index is 0.119. The summed E-state index contributed by atoms with van der Waals surface area (Å²) >= 11 is 0.912. The van der Waals surface area contributed by atoms with Crippen LogP contribution in [0.5, 0.6) is 11.5 Å². The number of ether oxygens (including phenoxy) is 1. The summed E-state index contributed by atoms with van der Waals surface area (Å²) in [7, 11) is 2.15. The molecular weight excluding hydrogens is 338 g/mol. The number of piperidine rings is 1. The highest BCUT2D eigenvalue weighted by Gasteiger charge is 2.68. The van der Waals surface area contributed by atoms with E-state index in [1.165, 1.54) is 12.5 Å². The van der Waals surface area contributed by atoms with Gasteiger partial charge in [0, 0.05) is 29.9 Å². The maximum absolute atomic E-state index is 11.8. The number of carbonyl (C=O) groups is 1. The Morgan fingerprint density at radius 3 is 3.00 bits per heavy atom. The van der Waals surface area contributed by atoms with E-state index < -0.39 is 11.0 Å². The fourth-order valence-electron chi connectivity index (χ4n) is 5.58. The lowest BCUT2D eigenvalue weighted by molar-refractivity contribution is -0.109. The maximum Gasteiger partial charge on any atom is 0.189 e. The van der Waals surface area contributed by atoms with Gasteiger partial charge in [0.1, 0.15) is 0 Å². The van der Waals surface area contributed by atoms with E-state index in [1.807, 2.05) is 6.07 Å². The molecule has 0 aromatic heterocycles. The summed E-state index contributed by atoms with van der Waals surface area (Å²) < 4.78 is 6.22. The van der Waals surface area contributed by atoms with Crippen LogP contribution in [0, 0.1) is 5.92 Å². The molecule has 1 saturated heterocycles. The number of likely N-dealkylation sites (tertiary alicyclic amines) is 1. The second-order valence-electron chi connectivity index (χ2n) is 7.72. The molecule has 6 heteroatoms. The molecule has 1 aromatic rings. The van der Waals surface area contributed by atoms with Crippen LogP contribution in [-0.4, -0.2) is 50.9 Å². The van der Waals surface area contributed by atoms with Crippen molar-refractivity contribution in [3.05, 3.63) is 35.4 Å². The van der Waals surface area contributed by atoms with Crippen LogP contribution in [0.25, 0.3) is 0 Å². The minimum atomic E-state index is -1.41. The van der Waals surface area contributed by atoms with Crippen molar-refractivity contribution in [1.29, 1.82) is 0 Å². The molecule has 0 unspecified atom stereocenters. The normalized spacial score (nSPS) is 40.5. The SMILES string of the molecule is CC(=O)S[C@]1(O)C=C[C@H]2[C@H]3Cc4ccc(O)c5c4[C@@]2(CCN3C)[C@H]1O5. The Bertz CT molecular complexity index is 824. The van der Waals surface area contributed by atoms with Crippen LogP contribution >= 0.6 is 11.8 Å². The van der Waals surface area contributed by atoms with Gasteiger partial charge in [-0.1, -0.05) is 12.1 Å². The zero-order chi connectivity index (χ0) is 17.6. The van der Waals surface area contributed by atoms with Crippen molar-refractivity contribution in [2.24, 2.45) is 5.92 Å². The van der Waals surface area contributed by atoms with E-state index in [0.717, 1.165) is 36.7 Å². The first-order valence-electron chi connectivity index (χ1n) is 8.70. The number of thioether (sulfide) groups is 1. The molecule has 2 aliphatic carbocycles. The third-order valence-corrected chi connectivity index (χ3v) is 7.46. The van der Waals surface area contributed by atoms with Gasteiger partial charge in [-0.05, 0) is 55.9 Å². The number of benzene rings is 1. The predicted octanol–water partition coefficient (Wildman–Crippen LogP) is 1.81. The monoisotopic (exact) mass is 359 g/mol. The molecular formula is C19H21NO4S. The number of phenolic OH excluding ortho intramolecular Hbond substituents is 1.